The summed E-state index contributed by atoms with van der Waals surface area (Å²) >= 11 is 14.4. The number of carboxylic acid groups (broad SMARTS) is 1. The maximum absolute atomic E-state index is 11.4. The lowest BCUT2D eigenvalue weighted by Gasteiger charge is -2.07. The van der Waals surface area contributed by atoms with E-state index in [-0.39, 0.29) is 37.7 Å². The number of aliphatic carboxylic acids is 1. The number of ketones is 1. The summed E-state index contributed by atoms with van der Waals surface area (Å²) in [7, 11) is 0. The lowest BCUT2D eigenvalue weighted by molar-refractivity contribution is -0.146. The summed E-state index contributed by atoms with van der Waals surface area (Å²) in [6, 6.07) is 7.97. The molecule has 0 saturated carbocycles. The number of rotatable bonds is 7. The number of nitrogens with two attached hydrogens (primary N) is 1. The van der Waals surface area contributed by atoms with Gasteiger partial charge in [0, 0.05) is 6.42 Å². The normalized spacial score (nSPS) is 10.7. The Morgan fingerprint density at radius 2 is 1.62 bits per heavy atom. The molecule has 0 radical (unpaired) electrons. The highest BCUT2D eigenvalue weighted by atomic mass is 35.6. The second-order valence-corrected chi connectivity index (χ2v) is 7.88. The van der Waals surface area contributed by atoms with Crippen molar-refractivity contribution in [1.29, 1.82) is 0 Å². The fraction of sp³-hybridized carbons (Fsp3) is 0.471. The summed E-state index contributed by atoms with van der Waals surface area (Å²) in [5.41, 5.74) is 7.36. The first-order valence-electron chi connectivity index (χ1n) is 7.73. The predicted molar refractivity (Wildman–Crippen MR) is 102 cm³/mol. The van der Waals surface area contributed by atoms with Crippen LogP contribution in [-0.2, 0) is 25.7 Å². The van der Waals surface area contributed by atoms with E-state index in [1.807, 2.05) is 24.3 Å². The van der Waals surface area contributed by atoms with Crippen molar-refractivity contribution in [3.05, 3.63) is 35.4 Å². The molecule has 1 rings (SSSR count). The van der Waals surface area contributed by atoms with E-state index in [1.165, 1.54) is 5.56 Å². The van der Waals surface area contributed by atoms with Crippen LogP contribution in [0.4, 0.5) is 0 Å². The van der Waals surface area contributed by atoms with Gasteiger partial charge in [-0.05, 0) is 17.0 Å². The third-order valence-electron chi connectivity index (χ3n) is 3.12. The fourth-order valence-corrected chi connectivity index (χ4v) is 1.58. The van der Waals surface area contributed by atoms with Crippen molar-refractivity contribution in [2.24, 2.45) is 5.73 Å². The van der Waals surface area contributed by atoms with E-state index < -0.39 is 9.76 Å². The van der Waals surface area contributed by atoms with Crippen molar-refractivity contribution in [3.63, 3.8) is 0 Å². The summed E-state index contributed by atoms with van der Waals surface area (Å²) < 4.78 is 2.92. The monoisotopic (exact) mass is 425 g/mol. The van der Waals surface area contributed by atoms with Crippen LogP contribution in [-0.4, -0.2) is 33.2 Å². The van der Waals surface area contributed by atoms with Crippen molar-refractivity contribution in [2.75, 3.05) is 6.54 Å². The van der Waals surface area contributed by atoms with E-state index >= 15 is 0 Å². The number of hydrogen-bond acceptors (Lipinski definition) is 5. The molecule has 6 nitrogen and oxygen atoms in total. The third kappa shape index (κ3) is 11.3. The Morgan fingerprint density at radius 3 is 2.00 bits per heavy atom. The zero-order valence-corrected chi connectivity index (χ0v) is 16.8. The molecule has 3 N–H and O–H groups in total. The van der Waals surface area contributed by atoms with Gasteiger partial charge in [0.25, 0.3) is 3.79 Å². The van der Waals surface area contributed by atoms with Crippen molar-refractivity contribution < 1.29 is 24.2 Å². The number of halogens is 3. The van der Waals surface area contributed by atoms with E-state index in [2.05, 4.69) is 13.8 Å². The van der Waals surface area contributed by atoms with Gasteiger partial charge in [0.15, 0.2) is 0 Å². The lowest BCUT2D eigenvalue weighted by Crippen LogP contribution is -2.16. The van der Waals surface area contributed by atoms with Gasteiger partial charge in [0.05, 0.1) is 13.0 Å². The molecule has 0 bridgehead atoms. The molecule has 9 heteroatoms. The molecular weight excluding hydrogens is 405 g/mol. The van der Waals surface area contributed by atoms with Crippen LogP contribution < -0.4 is 5.73 Å². The first-order chi connectivity index (χ1) is 12.0. The highest BCUT2D eigenvalue weighted by molar-refractivity contribution is 6.75. The molecule has 0 aliphatic rings. The van der Waals surface area contributed by atoms with Crippen LogP contribution in [0.25, 0.3) is 0 Å². The second kappa shape index (κ2) is 12.1. The number of alkyl halides is 3. The predicted octanol–water partition coefficient (Wildman–Crippen LogP) is 3.60. The summed E-state index contributed by atoms with van der Waals surface area (Å²) in [6.07, 6.45) is 0.252. The maximum atomic E-state index is 11.4. The zero-order valence-electron chi connectivity index (χ0n) is 14.5. The molecule has 0 saturated heterocycles. The molecule has 146 valence electrons. The Bertz CT molecular complexity index is 597. The molecule has 0 aliphatic carbocycles. The number of carboxylic acids is 1. The van der Waals surface area contributed by atoms with Gasteiger partial charge in [-0.2, -0.15) is 0 Å². The summed E-state index contributed by atoms with van der Waals surface area (Å²) in [5.74, 6) is -1.47. The van der Waals surface area contributed by atoms with Crippen LogP contribution in [0.15, 0.2) is 24.3 Å². The fourth-order valence-electron chi connectivity index (χ4n) is 1.58. The molecule has 1 aromatic carbocycles. The summed E-state index contributed by atoms with van der Waals surface area (Å²) in [5, 5.41) is 7.85. The standard InChI is InChI=1S/C15H21NO3.C2HCl3O2/c1-11(2)13-5-3-12(4-6-13)10-19-15(18)8-7-14(17)9-16;3-2(4,5)1(6)7/h3-6,11H,7-10,16H2,1-2H3;(H,6,7). The van der Waals surface area contributed by atoms with E-state index in [0.717, 1.165) is 5.56 Å². The van der Waals surface area contributed by atoms with E-state index in [9.17, 15) is 14.4 Å². The van der Waals surface area contributed by atoms with E-state index in [4.69, 9.17) is 50.4 Å². The number of Topliss-reactive ketones (excluding diaryl/α,β-unsaturated/α-hetero) is 1. The molecule has 0 amide bonds. The van der Waals surface area contributed by atoms with Gasteiger partial charge in [0.1, 0.15) is 12.4 Å². The number of carbonyl (C=O) groups is 3. The van der Waals surface area contributed by atoms with Gasteiger partial charge in [-0.25, -0.2) is 4.79 Å². The van der Waals surface area contributed by atoms with Crippen LogP contribution in [0, 0.1) is 0 Å². The van der Waals surface area contributed by atoms with Crippen molar-refractivity contribution in [3.8, 4) is 0 Å². The number of ether oxygens (including phenoxy) is 1. The number of benzene rings is 1. The second-order valence-electron chi connectivity index (χ2n) is 5.60. The van der Waals surface area contributed by atoms with Crippen molar-refractivity contribution in [2.45, 2.75) is 43.0 Å². The van der Waals surface area contributed by atoms with Gasteiger partial charge < -0.3 is 15.6 Å². The highest BCUT2D eigenvalue weighted by Gasteiger charge is 2.29. The molecule has 0 heterocycles. The summed E-state index contributed by atoms with van der Waals surface area (Å²) in [6.45, 7) is 4.48. The topological polar surface area (TPSA) is 107 Å². The molecule has 0 atom stereocenters. The quantitative estimate of drug-likeness (QED) is 0.509. The van der Waals surface area contributed by atoms with Crippen LogP contribution >= 0.6 is 34.8 Å². The van der Waals surface area contributed by atoms with Crippen LogP contribution in [0.5, 0.6) is 0 Å². The minimum Gasteiger partial charge on any atom is -0.478 e. The molecule has 0 aromatic heterocycles. The number of carbonyl (C=O) groups excluding carboxylic acids is 2. The van der Waals surface area contributed by atoms with Crippen molar-refractivity contribution in [1.82, 2.24) is 0 Å². The molecule has 0 aliphatic heterocycles. The van der Waals surface area contributed by atoms with E-state index in [0.29, 0.717) is 5.92 Å². The molecule has 0 spiro atoms. The van der Waals surface area contributed by atoms with E-state index in [1.54, 1.807) is 0 Å². The third-order valence-corrected chi connectivity index (χ3v) is 3.61. The van der Waals surface area contributed by atoms with Gasteiger partial charge >= 0.3 is 11.9 Å². The Balaban J connectivity index is 0.000000758. The Morgan fingerprint density at radius 1 is 1.12 bits per heavy atom. The Hall–Kier alpha value is -1.34. The molecule has 0 unspecified atom stereocenters. The molecule has 1 aromatic rings. The number of hydrogen-bond donors (Lipinski definition) is 2. The highest BCUT2D eigenvalue weighted by Crippen LogP contribution is 2.25. The lowest BCUT2D eigenvalue weighted by atomic mass is 10.0. The van der Waals surface area contributed by atoms with Gasteiger partial charge in [-0.1, -0.05) is 72.9 Å². The van der Waals surface area contributed by atoms with Gasteiger partial charge in [-0.15, -0.1) is 0 Å². The summed E-state index contributed by atoms with van der Waals surface area (Å²) in [4.78, 5) is 32.0. The minimum absolute atomic E-state index is 0.0239. The van der Waals surface area contributed by atoms with Gasteiger partial charge in [0.2, 0.25) is 0 Å². The maximum Gasteiger partial charge on any atom is 0.356 e. The smallest absolute Gasteiger partial charge is 0.356 e. The average Bonchev–Trinajstić information content (AvgIpc) is 2.57. The minimum atomic E-state index is -2.17. The molecule has 0 fully saturated rings. The Labute approximate surface area is 167 Å². The van der Waals surface area contributed by atoms with Crippen LogP contribution in [0.3, 0.4) is 0 Å². The molecule has 26 heavy (non-hydrogen) atoms. The van der Waals surface area contributed by atoms with Crippen LogP contribution in [0.2, 0.25) is 0 Å². The zero-order chi connectivity index (χ0) is 20.3. The number of esters is 1. The van der Waals surface area contributed by atoms with Crippen molar-refractivity contribution >= 4 is 52.5 Å². The first-order valence-corrected chi connectivity index (χ1v) is 8.87. The first kappa shape index (κ1) is 24.7. The van der Waals surface area contributed by atoms with Crippen LogP contribution in [0.1, 0.15) is 43.7 Å². The molecular formula is C17H22Cl3NO5. The Kier molecular flexibility index (Phi) is 11.5. The van der Waals surface area contributed by atoms with Gasteiger partial charge in [-0.3, -0.25) is 9.59 Å². The average molecular weight is 427 g/mol. The largest absolute Gasteiger partial charge is 0.478 e. The SMILES string of the molecule is CC(C)c1ccc(COC(=O)CCC(=O)CN)cc1.O=C(O)C(Cl)(Cl)Cl.